The minimum atomic E-state index is -3.62. The molecule has 0 heterocycles. The highest BCUT2D eigenvalue weighted by Gasteiger charge is 2.21. The Hall–Kier alpha value is -1.11. The molecule has 100 valence electrons. The average molecular weight is 266 g/mol. The second-order valence-corrected chi connectivity index (χ2v) is 6.69. The molecule has 7 heteroatoms. The number of hydrogen-bond acceptors (Lipinski definition) is 6. The van der Waals surface area contributed by atoms with Crippen molar-refractivity contribution in [3.8, 4) is 0 Å². The van der Waals surface area contributed by atoms with E-state index in [2.05, 4.69) is 4.74 Å². The van der Waals surface area contributed by atoms with Gasteiger partial charge >= 0.3 is 11.9 Å². The summed E-state index contributed by atoms with van der Waals surface area (Å²) in [6.07, 6.45) is -0.267. The van der Waals surface area contributed by atoms with Crippen LogP contribution >= 0.6 is 0 Å². The lowest BCUT2D eigenvalue weighted by Crippen LogP contribution is -2.26. The Morgan fingerprint density at radius 1 is 1.12 bits per heavy atom. The Labute approximate surface area is 101 Å². The maximum atomic E-state index is 11.4. The van der Waals surface area contributed by atoms with Crippen molar-refractivity contribution in [2.24, 2.45) is 0 Å². The van der Waals surface area contributed by atoms with E-state index >= 15 is 0 Å². The van der Waals surface area contributed by atoms with Crippen LogP contribution in [0.4, 0.5) is 0 Å². The van der Waals surface area contributed by atoms with Crippen LogP contribution in [0.1, 0.15) is 27.2 Å². The van der Waals surface area contributed by atoms with Gasteiger partial charge in [0.1, 0.15) is 11.4 Å². The maximum absolute atomic E-state index is 11.4. The average Bonchev–Trinajstić information content (AvgIpc) is 2.11. The number of carbonyl (C=O) groups excluding carboxylic acids is 2. The molecule has 0 unspecified atom stereocenters. The van der Waals surface area contributed by atoms with Gasteiger partial charge in [0.15, 0.2) is 9.84 Å². The van der Waals surface area contributed by atoms with E-state index in [0.29, 0.717) is 0 Å². The molecule has 0 bridgehead atoms. The van der Waals surface area contributed by atoms with E-state index in [1.165, 1.54) is 0 Å². The monoisotopic (exact) mass is 266 g/mol. The van der Waals surface area contributed by atoms with Crippen molar-refractivity contribution < 1.29 is 27.5 Å². The van der Waals surface area contributed by atoms with Crippen LogP contribution in [0, 0.1) is 0 Å². The van der Waals surface area contributed by atoms with Crippen molar-refractivity contribution in [1.29, 1.82) is 0 Å². The summed E-state index contributed by atoms with van der Waals surface area (Å²) >= 11 is 0. The van der Waals surface area contributed by atoms with Crippen molar-refractivity contribution in [2.45, 2.75) is 32.8 Å². The summed E-state index contributed by atoms with van der Waals surface area (Å²) in [7, 11) is -2.52. The molecule has 0 aliphatic rings. The SMILES string of the molecule is COC(=O)CS(=O)(=O)CCC(=O)OC(C)(C)C. The van der Waals surface area contributed by atoms with Gasteiger partial charge in [-0.25, -0.2) is 8.42 Å². The first kappa shape index (κ1) is 15.9. The summed E-state index contributed by atoms with van der Waals surface area (Å²) in [4.78, 5) is 22.0. The van der Waals surface area contributed by atoms with Gasteiger partial charge in [-0.05, 0) is 20.8 Å². The third kappa shape index (κ3) is 8.67. The van der Waals surface area contributed by atoms with Crippen molar-refractivity contribution in [2.75, 3.05) is 18.6 Å². The molecule has 0 amide bonds. The fraction of sp³-hybridized carbons (Fsp3) is 0.800. The van der Waals surface area contributed by atoms with Gasteiger partial charge in [-0.15, -0.1) is 0 Å². The minimum absolute atomic E-state index is 0.267. The summed E-state index contributed by atoms with van der Waals surface area (Å²) in [5.74, 6) is -2.58. The van der Waals surface area contributed by atoms with E-state index in [9.17, 15) is 18.0 Å². The number of carbonyl (C=O) groups is 2. The zero-order chi connectivity index (χ0) is 13.7. The molecular weight excluding hydrogens is 248 g/mol. The van der Waals surface area contributed by atoms with Crippen molar-refractivity contribution in [3.63, 3.8) is 0 Å². The van der Waals surface area contributed by atoms with Crippen molar-refractivity contribution in [1.82, 2.24) is 0 Å². The maximum Gasteiger partial charge on any atom is 0.320 e. The molecule has 6 nitrogen and oxygen atoms in total. The van der Waals surface area contributed by atoms with Gasteiger partial charge in [0.2, 0.25) is 0 Å². The second-order valence-electron chi connectivity index (χ2n) is 4.50. The fourth-order valence-corrected chi connectivity index (χ4v) is 2.04. The van der Waals surface area contributed by atoms with Crippen LogP contribution in [0.25, 0.3) is 0 Å². The van der Waals surface area contributed by atoms with Gasteiger partial charge in [0, 0.05) is 0 Å². The predicted octanol–water partition coefficient (Wildman–Crippen LogP) is 0.306. The quantitative estimate of drug-likeness (QED) is 0.665. The molecular formula is C10H18O6S. The number of esters is 2. The van der Waals surface area contributed by atoms with Crippen LogP contribution < -0.4 is 0 Å². The van der Waals surface area contributed by atoms with E-state index in [-0.39, 0.29) is 6.42 Å². The summed E-state index contributed by atoms with van der Waals surface area (Å²) in [5.41, 5.74) is -0.650. The van der Waals surface area contributed by atoms with Gasteiger partial charge < -0.3 is 9.47 Å². The highest BCUT2D eigenvalue weighted by atomic mass is 32.2. The van der Waals surface area contributed by atoms with Gasteiger partial charge in [-0.3, -0.25) is 9.59 Å². The van der Waals surface area contributed by atoms with Gasteiger partial charge in [-0.1, -0.05) is 0 Å². The topological polar surface area (TPSA) is 86.7 Å². The van der Waals surface area contributed by atoms with Crippen LogP contribution in [0.5, 0.6) is 0 Å². The fourth-order valence-electron chi connectivity index (χ4n) is 0.942. The van der Waals surface area contributed by atoms with Gasteiger partial charge in [0.05, 0.1) is 19.3 Å². The minimum Gasteiger partial charge on any atom is -0.468 e. The third-order valence-electron chi connectivity index (χ3n) is 1.60. The van der Waals surface area contributed by atoms with E-state index in [1.807, 2.05) is 0 Å². The molecule has 0 aromatic rings. The van der Waals surface area contributed by atoms with Crippen LogP contribution in [0.2, 0.25) is 0 Å². The zero-order valence-electron chi connectivity index (χ0n) is 10.5. The zero-order valence-corrected chi connectivity index (χ0v) is 11.3. The van der Waals surface area contributed by atoms with Crippen LogP contribution in [-0.4, -0.2) is 44.6 Å². The second kappa shape index (κ2) is 6.00. The molecule has 0 atom stereocenters. The highest BCUT2D eigenvalue weighted by Crippen LogP contribution is 2.09. The van der Waals surface area contributed by atoms with E-state index < -0.39 is 38.9 Å². The molecule has 0 saturated heterocycles. The molecule has 0 saturated carbocycles. The van der Waals surface area contributed by atoms with E-state index in [1.54, 1.807) is 20.8 Å². The Morgan fingerprint density at radius 3 is 2.06 bits per heavy atom. The number of sulfone groups is 1. The molecule has 0 spiro atoms. The lowest BCUT2D eigenvalue weighted by atomic mass is 10.2. The van der Waals surface area contributed by atoms with Crippen LogP contribution in [-0.2, 0) is 28.9 Å². The Morgan fingerprint density at radius 2 is 1.65 bits per heavy atom. The first-order valence-electron chi connectivity index (χ1n) is 5.05. The molecule has 0 radical (unpaired) electrons. The lowest BCUT2D eigenvalue weighted by Gasteiger charge is -2.19. The van der Waals surface area contributed by atoms with Gasteiger partial charge in [0.25, 0.3) is 0 Å². The molecule has 0 fully saturated rings. The molecule has 0 aromatic carbocycles. The Kier molecular flexibility index (Phi) is 5.60. The largest absolute Gasteiger partial charge is 0.468 e. The standard InChI is InChI=1S/C10H18O6S/c1-10(2,3)16-8(11)5-6-17(13,14)7-9(12)15-4/h5-7H2,1-4H3. The van der Waals surface area contributed by atoms with Crippen LogP contribution in [0.15, 0.2) is 0 Å². The predicted molar refractivity (Wildman–Crippen MR) is 61.1 cm³/mol. The third-order valence-corrected chi connectivity index (χ3v) is 3.10. The molecule has 0 N–H and O–H groups in total. The van der Waals surface area contributed by atoms with Crippen molar-refractivity contribution >= 4 is 21.8 Å². The molecule has 0 aliphatic heterocycles. The normalized spacial score (nSPS) is 12.0. The van der Waals surface area contributed by atoms with E-state index in [0.717, 1.165) is 7.11 Å². The number of methoxy groups -OCH3 is 1. The number of rotatable bonds is 5. The summed E-state index contributed by atoms with van der Waals surface area (Å²) in [6.45, 7) is 5.07. The Balaban J connectivity index is 4.20. The van der Waals surface area contributed by atoms with Crippen molar-refractivity contribution in [3.05, 3.63) is 0 Å². The summed E-state index contributed by atoms with van der Waals surface area (Å²) in [6, 6.07) is 0. The Bertz CT molecular complexity index is 376. The number of hydrogen-bond donors (Lipinski definition) is 0. The summed E-state index contributed by atoms with van der Waals surface area (Å²) in [5, 5.41) is 0. The smallest absolute Gasteiger partial charge is 0.320 e. The first-order valence-corrected chi connectivity index (χ1v) is 6.87. The first-order chi connectivity index (χ1) is 7.56. The summed E-state index contributed by atoms with van der Waals surface area (Å²) < 4.78 is 31.9. The lowest BCUT2D eigenvalue weighted by molar-refractivity contribution is -0.154. The number of ether oxygens (including phenoxy) is 2. The van der Waals surface area contributed by atoms with Gasteiger partial charge in [-0.2, -0.15) is 0 Å². The van der Waals surface area contributed by atoms with Crippen LogP contribution in [0.3, 0.4) is 0 Å². The molecule has 0 aliphatic carbocycles. The molecule has 0 rings (SSSR count). The highest BCUT2D eigenvalue weighted by molar-refractivity contribution is 7.92. The van der Waals surface area contributed by atoms with E-state index in [4.69, 9.17) is 4.74 Å². The molecule has 17 heavy (non-hydrogen) atoms. The molecule has 0 aromatic heterocycles.